The van der Waals surface area contributed by atoms with Crippen LogP contribution in [0.3, 0.4) is 0 Å². The van der Waals surface area contributed by atoms with Gasteiger partial charge in [-0.2, -0.15) is 0 Å². The standard InChI is InChI=1S/C24H24N2O/c1-2-10-19(11-3-1)26-16-8-9-18(17-26)25-24-20-12-4-6-14-22(20)27-23-15-7-5-13-21(23)24/h1-7,10-15,18,24-25H,8-9,16-17H2. The van der Waals surface area contributed by atoms with Gasteiger partial charge in [0, 0.05) is 35.9 Å². The number of fused-ring (bicyclic) bond motifs is 2. The molecule has 0 radical (unpaired) electrons. The first kappa shape index (κ1) is 16.4. The Kier molecular flexibility index (Phi) is 4.30. The van der Waals surface area contributed by atoms with Gasteiger partial charge in [0.2, 0.25) is 0 Å². The van der Waals surface area contributed by atoms with Crippen LogP contribution in [0, 0.1) is 0 Å². The van der Waals surface area contributed by atoms with Gasteiger partial charge >= 0.3 is 0 Å². The van der Waals surface area contributed by atoms with Gasteiger partial charge < -0.3 is 15.0 Å². The molecular formula is C24H24N2O. The van der Waals surface area contributed by atoms with Gasteiger partial charge in [0.25, 0.3) is 0 Å². The lowest BCUT2D eigenvalue weighted by atomic mass is 9.92. The van der Waals surface area contributed by atoms with E-state index in [0.717, 1.165) is 24.6 Å². The maximum Gasteiger partial charge on any atom is 0.132 e. The summed E-state index contributed by atoms with van der Waals surface area (Å²) >= 11 is 0. The van der Waals surface area contributed by atoms with E-state index in [9.17, 15) is 0 Å². The molecule has 1 N–H and O–H groups in total. The van der Waals surface area contributed by atoms with E-state index in [1.54, 1.807) is 0 Å². The van der Waals surface area contributed by atoms with Gasteiger partial charge in [-0.1, -0.05) is 54.6 Å². The Bertz CT molecular complexity index is 879. The number of nitrogens with zero attached hydrogens (tertiary/aromatic N) is 1. The molecule has 2 aliphatic rings. The second-order valence-corrected chi connectivity index (χ2v) is 7.40. The Morgan fingerprint density at radius 2 is 1.41 bits per heavy atom. The third-order valence-corrected chi connectivity index (χ3v) is 5.63. The predicted octanol–water partition coefficient (Wildman–Crippen LogP) is 5.14. The van der Waals surface area contributed by atoms with Crippen molar-refractivity contribution in [2.75, 3.05) is 18.0 Å². The molecule has 0 bridgehead atoms. The van der Waals surface area contributed by atoms with Gasteiger partial charge in [-0.05, 0) is 37.1 Å². The molecule has 0 aromatic heterocycles. The average molecular weight is 356 g/mol. The number of anilines is 1. The zero-order valence-electron chi connectivity index (χ0n) is 15.3. The molecule has 5 rings (SSSR count). The first-order valence-corrected chi connectivity index (χ1v) is 9.80. The largest absolute Gasteiger partial charge is 0.457 e. The zero-order valence-corrected chi connectivity index (χ0v) is 15.3. The van der Waals surface area contributed by atoms with Crippen molar-refractivity contribution < 1.29 is 4.74 Å². The molecule has 2 heterocycles. The van der Waals surface area contributed by atoms with Crippen LogP contribution in [0.25, 0.3) is 0 Å². The Morgan fingerprint density at radius 1 is 0.778 bits per heavy atom. The van der Waals surface area contributed by atoms with Crippen molar-refractivity contribution in [2.24, 2.45) is 0 Å². The Balaban J connectivity index is 1.42. The van der Waals surface area contributed by atoms with Crippen molar-refractivity contribution in [3.63, 3.8) is 0 Å². The fraction of sp³-hybridized carbons (Fsp3) is 0.250. The minimum absolute atomic E-state index is 0.173. The van der Waals surface area contributed by atoms with Crippen molar-refractivity contribution in [3.8, 4) is 11.5 Å². The number of para-hydroxylation sites is 3. The second kappa shape index (κ2) is 7.09. The second-order valence-electron chi connectivity index (χ2n) is 7.40. The highest BCUT2D eigenvalue weighted by molar-refractivity contribution is 5.53. The van der Waals surface area contributed by atoms with Gasteiger partial charge in [-0.3, -0.25) is 0 Å². The quantitative estimate of drug-likeness (QED) is 0.703. The summed E-state index contributed by atoms with van der Waals surface area (Å²) in [5.41, 5.74) is 3.78. The summed E-state index contributed by atoms with van der Waals surface area (Å²) in [5, 5.41) is 3.95. The summed E-state index contributed by atoms with van der Waals surface area (Å²) in [6, 6.07) is 28.1. The summed E-state index contributed by atoms with van der Waals surface area (Å²) in [4.78, 5) is 2.50. The number of nitrogens with one attached hydrogen (secondary N) is 1. The fourth-order valence-electron chi connectivity index (χ4n) is 4.31. The molecule has 3 heteroatoms. The summed E-state index contributed by atoms with van der Waals surface area (Å²) in [6.45, 7) is 2.16. The lowest BCUT2D eigenvalue weighted by Gasteiger charge is -2.38. The van der Waals surface area contributed by atoms with Crippen LogP contribution < -0.4 is 15.0 Å². The molecule has 0 spiro atoms. The van der Waals surface area contributed by atoms with Gasteiger partial charge in [0.05, 0.1) is 6.04 Å². The van der Waals surface area contributed by atoms with Gasteiger partial charge in [0.1, 0.15) is 11.5 Å². The highest BCUT2D eigenvalue weighted by atomic mass is 16.5. The highest BCUT2D eigenvalue weighted by Gasteiger charge is 2.30. The van der Waals surface area contributed by atoms with Crippen LogP contribution in [0.15, 0.2) is 78.9 Å². The SMILES string of the molecule is c1ccc(N2CCCC(NC3c4ccccc4Oc4ccccc43)C2)cc1. The Hall–Kier alpha value is -2.78. The fourth-order valence-corrected chi connectivity index (χ4v) is 4.31. The van der Waals surface area contributed by atoms with Crippen LogP contribution >= 0.6 is 0 Å². The number of hydrogen-bond donors (Lipinski definition) is 1. The smallest absolute Gasteiger partial charge is 0.132 e. The predicted molar refractivity (Wildman–Crippen MR) is 110 cm³/mol. The normalized spacial score (nSPS) is 19.1. The highest BCUT2D eigenvalue weighted by Crippen LogP contribution is 2.43. The molecule has 3 nitrogen and oxygen atoms in total. The lowest BCUT2D eigenvalue weighted by molar-refractivity contribution is 0.370. The monoisotopic (exact) mass is 356 g/mol. The maximum atomic E-state index is 6.14. The molecule has 1 fully saturated rings. The van der Waals surface area contributed by atoms with Crippen molar-refractivity contribution >= 4 is 5.69 Å². The van der Waals surface area contributed by atoms with E-state index in [1.807, 2.05) is 12.1 Å². The summed E-state index contributed by atoms with van der Waals surface area (Å²) in [5.74, 6) is 1.92. The third kappa shape index (κ3) is 3.19. The molecule has 136 valence electrons. The first-order chi connectivity index (χ1) is 13.4. The molecule has 3 aromatic rings. The topological polar surface area (TPSA) is 24.5 Å². The maximum absolute atomic E-state index is 6.14. The summed E-state index contributed by atoms with van der Waals surface area (Å²) in [6.07, 6.45) is 2.41. The summed E-state index contributed by atoms with van der Waals surface area (Å²) in [7, 11) is 0. The summed E-state index contributed by atoms with van der Waals surface area (Å²) < 4.78 is 6.14. The van der Waals surface area contributed by atoms with E-state index in [4.69, 9.17) is 4.74 Å². The third-order valence-electron chi connectivity index (χ3n) is 5.63. The van der Waals surface area contributed by atoms with E-state index in [0.29, 0.717) is 6.04 Å². The van der Waals surface area contributed by atoms with E-state index in [2.05, 4.69) is 76.9 Å². The average Bonchev–Trinajstić information content (AvgIpc) is 2.74. The number of hydrogen-bond acceptors (Lipinski definition) is 3. The van der Waals surface area contributed by atoms with E-state index >= 15 is 0 Å². The molecule has 0 amide bonds. The van der Waals surface area contributed by atoms with Crippen molar-refractivity contribution in [1.82, 2.24) is 5.32 Å². The number of benzene rings is 3. The van der Waals surface area contributed by atoms with E-state index in [-0.39, 0.29) is 6.04 Å². The molecule has 0 saturated carbocycles. The minimum Gasteiger partial charge on any atom is -0.457 e. The molecule has 0 aliphatic carbocycles. The molecule has 3 aromatic carbocycles. The van der Waals surface area contributed by atoms with Crippen molar-refractivity contribution in [3.05, 3.63) is 90.0 Å². The van der Waals surface area contributed by atoms with Crippen LogP contribution in [0.4, 0.5) is 5.69 Å². The van der Waals surface area contributed by atoms with Crippen LogP contribution in [-0.4, -0.2) is 19.1 Å². The number of rotatable bonds is 3. The minimum atomic E-state index is 0.173. The van der Waals surface area contributed by atoms with E-state index in [1.165, 1.54) is 29.7 Å². The van der Waals surface area contributed by atoms with Gasteiger partial charge in [0.15, 0.2) is 0 Å². The molecule has 2 aliphatic heterocycles. The van der Waals surface area contributed by atoms with Gasteiger partial charge in [-0.25, -0.2) is 0 Å². The number of ether oxygens (including phenoxy) is 1. The van der Waals surface area contributed by atoms with Crippen LogP contribution in [0.5, 0.6) is 11.5 Å². The first-order valence-electron chi connectivity index (χ1n) is 9.80. The zero-order chi connectivity index (χ0) is 18.1. The van der Waals surface area contributed by atoms with Crippen LogP contribution in [-0.2, 0) is 0 Å². The molecule has 27 heavy (non-hydrogen) atoms. The van der Waals surface area contributed by atoms with Crippen molar-refractivity contribution in [2.45, 2.75) is 24.9 Å². The van der Waals surface area contributed by atoms with Gasteiger partial charge in [-0.15, -0.1) is 0 Å². The lowest BCUT2D eigenvalue weighted by Crippen LogP contribution is -2.47. The Morgan fingerprint density at radius 3 is 2.11 bits per heavy atom. The van der Waals surface area contributed by atoms with Crippen LogP contribution in [0.2, 0.25) is 0 Å². The molecule has 1 saturated heterocycles. The van der Waals surface area contributed by atoms with E-state index < -0.39 is 0 Å². The molecular weight excluding hydrogens is 332 g/mol. The van der Waals surface area contributed by atoms with Crippen molar-refractivity contribution in [1.29, 1.82) is 0 Å². The Labute approximate surface area is 160 Å². The molecule has 1 unspecified atom stereocenters. The number of piperidine rings is 1. The van der Waals surface area contributed by atoms with Crippen LogP contribution in [0.1, 0.15) is 30.0 Å². The molecule has 1 atom stereocenters.